The van der Waals surface area contributed by atoms with Gasteiger partial charge in [-0.1, -0.05) is 6.07 Å². The number of hydrogen-bond donors (Lipinski definition) is 1. The largest absolute Gasteiger partial charge is 0.379 e. The van der Waals surface area contributed by atoms with Crippen LogP contribution in [0.15, 0.2) is 59.8 Å². The van der Waals surface area contributed by atoms with Crippen molar-refractivity contribution < 1.29 is 14.3 Å². The summed E-state index contributed by atoms with van der Waals surface area (Å²) in [5.74, 6) is 0.741. The van der Waals surface area contributed by atoms with Crippen LogP contribution in [0.3, 0.4) is 0 Å². The van der Waals surface area contributed by atoms with Gasteiger partial charge in [0.25, 0.3) is 5.91 Å². The smallest absolute Gasteiger partial charge is 0.251 e. The molecule has 6 nitrogen and oxygen atoms in total. The Morgan fingerprint density at radius 1 is 1.27 bits per heavy atom. The van der Waals surface area contributed by atoms with Gasteiger partial charge < -0.3 is 19.2 Å². The lowest BCUT2D eigenvalue weighted by Gasteiger charge is -2.10. The van der Waals surface area contributed by atoms with E-state index in [1.807, 2.05) is 53.1 Å². The van der Waals surface area contributed by atoms with Crippen LogP contribution in [0.25, 0.3) is 5.65 Å². The zero-order valence-electron chi connectivity index (χ0n) is 17.0. The Labute approximate surface area is 181 Å². The lowest BCUT2D eigenvalue weighted by Crippen LogP contribution is -2.25. The molecule has 30 heavy (non-hydrogen) atoms. The summed E-state index contributed by atoms with van der Waals surface area (Å²) in [7, 11) is 0. The van der Waals surface area contributed by atoms with Gasteiger partial charge in [-0.15, -0.1) is 11.8 Å². The van der Waals surface area contributed by atoms with Crippen LogP contribution in [-0.2, 0) is 15.2 Å². The molecule has 3 heterocycles. The molecular weight excluding hydrogens is 398 g/mol. The first-order valence-electron chi connectivity index (χ1n) is 10.4. The second kappa shape index (κ2) is 10.6. The van der Waals surface area contributed by atoms with Crippen molar-refractivity contribution in [2.45, 2.75) is 36.0 Å². The fourth-order valence-corrected chi connectivity index (χ4v) is 4.17. The predicted molar refractivity (Wildman–Crippen MR) is 118 cm³/mol. The number of carbonyl (C=O) groups is 1. The van der Waals surface area contributed by atoms with Crippen molar-refractivity contribution in [1.29, 1.82) is 0 Å². The molecule has 0 spiro atoms. The Balaban J connectivity index is 1.15. The molecule has 4 rings (SSSR count). The Bertz CT molecular complexity index is 919. The highest BCUT2D eigenvalue weighted by Gasteiger charge is 2.15. The van der Waals surface area contributed by atoms with Crippen LogP contribution < -0.4 is 5.32 Å². The number of amides is 1. The summed E-state index contributed by atoms with van der Waals surface area (Å²) in [5.41, 5.74) is 2.67. The summed E-state index contributed by atoms with van der Waals surface area (Å²) >= 11 is 1.71. The highest BCUT2D eigenvalue weighted by molar-refractivity contribution is 7.98. The number of pyridine rings is 1. The molecule has 0 bridgehead atoms. The quantitative estimate of drug-likeness (QED) is 0.394. The lowest BCUT2D eigenvalue weighted by molar-refractivity contribution is 0.0166. The number of fused-ring (bicyclic) bond motifs is 1. The molecule has 0 aliphatic carbocycles. The molecule has 158 valence electrons. The highest BCUT2D eigenvalue weighted by atomic mass is 32.2. The minimum Gasteiger partial charge on any atom is -0.379 e. The van der Waals surface area contributed by atoms with E-state index in [1.54, 1.807) is 11.8 Å². The van der Waals surface area contributed by atoms with Gasteiger partial charge in [0.1, 0.15) is 5.65 Å². The maximum Gasteiger partial charge on any atom is 0.251 e. The fraction of sp³-hybridized carbons (Fsp3) is 0.391. The number of carbonyl (C=O) groups excluding carboxylic acids is 1. The van der Waals surface area contributed by atoms with Crippen LogP contribution in [-0.4, -0.2) is 47.8 Å². The Morgan fingerprint density at radius 2 is 2.17 bits per heavy atom. The molecule has 3 aromatic rings. The summed E-state index contributed by atoms with van der Waals surface area (Å²) in [5, 5.41) is 2.95. The third-order valence-corrected chi connectivity index (χ3v) is 6.04. The van der Waals surface area contributed by atoms with Crippen LogP contribution in [0.2, 0.25) is 0 Å². The van der Waals surface area contributed by atoms with E-state index in [9.17, 15) is 4.79 Å². The van der Waals surface area contributed by atoms with Crippen molar-refractivity contribution in [3.63, 3.8) is 0 Å². The van der Waals surface area contributed by atoms with E-state index in [-0.39, 0.29) is 12.0 Å². The second-order valence-corrected chi connectivity index (χ2v) is 8.38. The van der Waals surface area contributed by atoms with Crippen LogP contribution >= 0.6 is 11.8 Å². The van der Waals surface area contributed by atoms with Gasteiger partial charge in [-0.2, -0.15) is 0 Å². The first kappa shape index (κ1) is 20.9. The van der Waals surface area contributed by atoms with E-state index in [0.29, 0.717) is 25.3 Å². The standard InChI is InChI=1S/C23H27N3O3S/c27-23(24-11-4-13-28-16-20-5-3-14-29-20)18-7-9-21(10-8-18)30-17-19-15-26-12-2-1-6-22(26)25-19/h1-2,6-10,12,15,20H,3-5,11,13-14,16-17H2,(H,24,27). The van der Waals surface area contributed by atoms with Crippen LogP contribution in [0.1, 0.15) is 35.3 Å². The number of nitrogens with zero attached hydrogens (tertiary/aromatic N) is 2. The number of nitrogens with one attached hydrogen (secondary N) is 1. The number of imidazole rings is 1. The van der Waals surface area contributed by atoms with Crippen LogP contribution in [0, 0.1) is 0 Å². The van der Waals surface area contributed by atoms with Gasteiger partial charge in [-0.25, -0.2) is 4.98 Å². The molecule has 1 fully saturated rings. The van der Waals surface area contributed by atoms with Gasteiger partial charge >= 0.3 is 0 Å². The van der Waals surface area contributed by atoms with E-state index in [2.05, 4.69) is 16.5 Å². The monoisotopic (exact) mass is 425 g/mol. The van der Waals surface area contributed by atoms with Crippen molar-refractivity contribution in [3.05, 3.63) is 66.1 Å². The van der Waals surface area contributed by atoms with Gasteiger partial charge in [-0.05, 0) is 55.7 Å². The first-order chi connectivity index (χ1) is 14.8. The molecule has 1 aliphatic rings. The van der Waals surface area contributed by atoms with E-state index in [4.69, 9.17) is 9.47 Å². The van der Waals surface area contributed by atoms with Crippen molar-refractivity contribution >= 4 is 23.3 Å². The summed E-state index contributed by atoms with van der Waals surface area (Å²) in [4.78, 5) is 18.0. The first-order valence-corrected chi connectivity index (χ1v) is 11.4. The SMILES string of the molecule is O=C(NCCCOCC1CCCO1)c1ccc(SCc2cn3ccccc3n2)cc1. The second-order valence-electron chi connectivity index (χ2n) is 7.33. The molecule has 1 saturated heterocycles. The number of thioether (sulfide) groups is 1. The Hall–Kier alpha value is -2.35. The summed E-state index contributed by atoms with van der Waals surface area (Å²) in [6, 6.07) is 13.7. The van der Waals surface area contributed by atoms with Crippen molar-refractivity contribution in [1.82, 2.24) is 14.7 Å². The highest BCUT2D eigenvalue weighted by Crippen LogP contribution is 2.23. The summed E-state index contributed by atoms with van der Waals surface area (Å²) in [6.07, 6.45) is 7.31. The average molecular weight is 426 g/mol. The van der Waals surface area contributed by atoms with Crippen LogP contribution in [0.4, 0.5) is 0 Å². The molecule has 1 aliphatic heterocycles. The minimum absolute atomic E-state index is 0.0500. The van der Waals surface area contributed by atoms with Gasteiger partial charge in [0.15, 0.2) is 0 Å². The fourth-order valence-electron chi connectivity index (χ4n) is 3.39. The lowest BCUT2D eigenvalue weighted by atomic mass is 10.2. The Morgan fingerprint density at radius 3 is 2.97 bits per heavy atom. The maximum atomic E-state index is 12.3. The van der Waals surface area contributed by atoms with Crippen molar-refractivity contribution in [3.8, 4) is 0 Å². The maximum absolute atomic E-state index is 12.3. The molecular formula is C23H27N3O3S. The summed E-state index contributed by atoms with van der Waals surface area (Å²) < 4.78 is 13.2. The number of hydrogen-bond acceptors (Lipinski definition) is 5. The van der Waals surface area contributed by atoms with Gasteiger partial charge in [-0.3, -0.25) is 4.79 Å². The molecule has 1 N–H and O–H groups in total. The number of ether oxygens (including phenoxy) is 2. The number of benzene rings is 1. The van der Waals surface area contributed by atoms with E-state index in [1.165, 1.54) is 0 Å². The molecule has 7 heteroatoms. The van der Waals surface area contributed by atoms with Gasteiger partial charge in [0.2, 0.25) is 0 Å². The van der Waals surface area contributed by atoms with Crippen molar-refractivity contribution in [2.75, 3.05) is 26.4 Å². The zero-order chi connectivity index (χ0) is 20.6. The molecule has 1 aromatic carbocycles. The molecule has 1 amide bonds. The molecule has 0 saturated carbocycles. The van der Waals surface area contributed by atoms with Crippen LogP contribution in [0.5, 0.6) is 0 Å². The van der Waals surface area contributed by atoms with Crippen molar-refractivity contribution in [2.24, 2.45) is 0 Å². The molecule has 1 atom stereocenters. The van der Waals surface area contributed by atoms with Gasteiger partial charge in [0, 0.05) is 48.4 Å². The normalized spacial score (nSPS) is 16.2. The third-order valence-electron chi connectivity index (χ3n) is 5.00. The minimum atomic E-state index is -0.0500. The van der Waals surface area contributed by atoms with E-state index >= 15 is 0 Å². The topological polar surface area (TPSA) is 64.9 Å². The number of rotatable bonds is 10. The Kier molecular flexibility index (Phi) is 7.39. The summed E-state index contributed by atoms with van der Waals surface area (Å²) in [6.45, 7) is 2.75. The molecule has 2 aromatic heterocycles. The van der Waals surface area contributed by atoms with E-state index in [0.717, 1.165) is 47.9 Å². The molecule has 1 unspecified atom stereocenters. The molecule has 0 radical (unpaired) electrons. The average Bonchev–Trinajstić information content (AvgIpc) is 3.44. The zero-order valence-corrected chi connectivity index (χ0v) is 17.8. The van der Waals surface area contributed by atoms with Gasteiger partial charge in [0.05, 0.1) is 18.4 Å². The predicted octanol–water partition coefficient (Wildman–Crippen LogP) is 3.94. The third kappa shape index (κ3) is 5.84. The number of aromatic nitrogens is 2. The van der Waals surface area contributed by atoms with E-state index < -0.39 is 0 Å².